The van der Waals surface area contributed by atoms with Gasteiger partial charge in [0.1, 0.15) is 6.10 Å². The van der Waals surface area contributed by atoms with Gasteiger partial charge in [-0.1, -0.05) is 5.16 Å². The molecule has 1 atom stereocenters. The van der Waals surface area contributed by atoms with Gasteiger partial charge in [-0.2, -0.15) is 4.98 Å². The Labute approximate surface area is 102 Å². The number of benzene rings is 1. The summed E-state index contributed by atoms with van der Waals surface area (Å²) in [6.45, 7) is 0.284. The molecule has 2 rings (SSSR count). The van der Waals surface area contributed by atoms with Crippen LogP contribution in [0.4, 0.5) is 4.39 Å². The lowest BCUT2D eigenvalue weighted by atomic mass is 10.2. The summed E-state index contributed by atoms with van der Waals surface area (Å²) in [5, 5.41) is 22.3. The molecule has 4 N–H and O–H groups in total. The van der Waals surface area contributed by atoms with Crippen molar-refractivity contribution < 1.29 is 19.1 Å². The second-order valence-corrected chi connectivity index (χ2v) is 3.72. The standard InChI is InChI=1S/C11H12FN3O3/c12-7-5-6(1-2-8(7)16)10-14-11(18-15-10)9(17)3-4-13/h1-2,5,9,16-17H,3-4,13H2. The molecule has 0 saturated heterocycles. The van der Waals surface area contributed by atoms with Crippen LogP contribution in [0.3, 0.4) is 0 Å². The van der Waals surface area contributed by atoms with Crippen LogP contribution in [0.5, 0.6) is 5.75 Å². The van der Waals surface area contributed by atoms with E-state index in [1.807, 2.05) is 0 Å². The van der Waals surface area contributed by atoms with Crippen LogP contribution < -0.4 is 5.73 Å². The van der Waals surface area contributed by atoms with Gasteiger partial charge < -0.3 is 20.5 Å². The van der Waals surface area contributed by atoms with Crippen molar-refractivity contribution >= 4 is 0 Å². The van der Waals surface area contributed by atoms with E-state index in [-0.39, 0.29) is 18.3 Å². The molecule has 0 aliphatic heterocycles. The van der Waals surface area contributed by atoms with Gasteiger partial charge >= 0.3 is 0 Å². The zero-order chi connectivity index (χ0) is 13.1. The highest BCUT2D eigenvalue weighted by Gasteiger charge is 2.16. The number of nitrogens with two attached hydrogens (primary N) is 1. The minimum atomic E-state index is -0.932. The number of hydrogen-bond donors (Lipinski definition) is 3. The van der Waals surface area contributed by atoms with Gasteiger partial charge in [-0.3, -0.25) is 0 Å². The number of hydrogen-bond acceptors (Lipinski definition) is 6. The van der Waals surface area contributed by atoms with E-state index in [1.165, 1.54) is 12.1 Å². The van der Waals surface area contributed by atoms with Gasteiger partial charge in [0.25, 0.3) is 5.89 Å². The lowest BCUT2D eigenvalue weighted by Crippen LogP contribution is -2.06. The molecule has 0 aliphatic carbocycles. The number of aliphatic hydroxyl groups is 1. The first kappa shape index (κ1) is 12.5. The van der Waals surface area contributed by atoms with Gasteiger partial charge in [-0.15, -0.1) is 0 Å². The Bertz CT molecular complexity index is 544. The lowest BCUT2D eigenvalue weighted by molar-refractivity contribution is 0.127. The van der Waals surface area contributed by atoms with Crippen LogP contribution in [0.2, 0.25) is 0 Å². The number of halogens is 1. The van der Waals surface area contributed by atoms with E-state index < -0.39 is 17.7 Å². The smallest absolute Gasteiger partial charge is 0.255 e. The van der Waals surface area contributed by atoms with Crippen molar-refractivity contribution in [3.05, 3.63) is 29.9 Å². The molecule has 96 valence electrons. The molecule has 1 aromatic heterocycles. The van der Waals surface area contributed by atoms with Crippen LogP contribution in [-0.2, 0) is 0 Å². The molecular formula is C11H12FN3O3. The molecule has 0 radical (unpaired) electrons. The van der Waals surface area contributed by atoms with Gasteiger partial charge in [0.05, 0.1) is 0 Å². The molecule has 0 fully saturated rings. The summed E-state index contributed by atoms with van der Waals surface area (Å²) in [5.74, 6) is -1.06. The van der Waals surface area contributed by atoms with E-state index in [9.17, 15) is 9.50 Å². The fraction of sp³-hybridized carbons (Fsp3) is 0.273. The predicted octanol–water partition coefficient (Wildman–Crippen LogP) is 0.964. The topological polar surface area (TPSA) is 105 Å². The zero-order valence-electron chi connectivity index (χ0n) is 9.38. The van der Waals surface area contributed by atoms with Crippen molar-refractivity contribution in [1.82, 2.24) is 10.1 Å². The highest BCUT2D eigenvalue weighted by atomic mass is 19.1. The fourth-order valence-corrected chi connectivity index (χ4v) is 1.42. The Balaban J connectivity index is 2.26. The van der Waals surface area contributed by atoms with E-state index in [0.717, 1.165) is 6.07 Å². The number of rotatable bonds is 4. The Morgan fingerprint density at radius 1 is 1.44 bits per heavy atom. The van der Waals surface area contributed by atoms with Crippen LogP contribution in [0.25, 0.3) is 11.4 Å². The molecule has 0 spiro atoms. The van der Waals surface area contributed by atoms with Gasteiger partial charge in [0.15, 0.2) is 11.6 Å². The molecule has 18 heavy (non-hydrogen) atoms. The van der Waals surface area contributed by atoms with Crippen LogP contribution in [0.1, 0.15) is 18.4 Å². The minimum absolute atomic E-state index is 0.0314. The maximum atomic E-state index is 13.1. The average Bonchev–Trinajstić information content (AvgIpc) is 2.82. The second-order valence-electron chi connectivity index (χ2n) is 3.72. The minimum Gasteiger partial charge on any atom is -0.505 e. The fourth-order valence-electron chi connectivity index (χ4n) is 1.42. The molecule has 2 aromatic rings. The number of aromatic hydroxyl groups is 1. The van der Waals surface area contributed by atoms with Crippen LogP contribution in [0.15, 0.2) is 22.7 Å². The maximum Gasteiger partial charge on any atom is 0.255 e. The van der Waals surface area contributed by atoms with Gasteiger partial charge in [-0.05, 0) is 31.2 Å². The summed E-state index contributed by atoms with van der Waals surface area (Å²) in [4.78, 5) is 3.94. The molecule has 0 saturated carbocycles. The molecule has 6 nitrogen and oxygen atoms in total. The number of phenols is 1. The van der Waals surface area contributed by atoms with Crippen molar-refractivity contribution in [1.29, 1.82) is 0 Å². The van der Waals surface area contributed by atoms with Gasteiger partial charge in [0, 0.05) is 5.56 Å². The Kier molecular flexibility index (Phi) is 3.54. The maximum absolute atomic E-state index is 13.1. The van der Waals surface area contributed by atoms with Crippen LogP contribution >= 0.6 is 0 Å². The molecule has 0 aliphatic rings. The van der Waals surface area contributed by atoms with Crippen molar-refractivity contribution in [2.24, 2.45) is 5.73 Å². The van der Waals surface area contributed by atoms with E-state index in [1.54, 1.807) is 0 Å². The molecule has 0 bridgehead atoms. The predicted molar refractivity (Wildman–Crippen MR) is 60.0 cm³/mol. The van der Waals surface area contributed by atoms with Crippen molar-refractivity contribution in [3.8, 4) is 17.1 Å². The van der Waals surface area contributed by atoms with Crippen molar-refractivity contribution in [2.45, 2.75) is 12.5 Å². The SMILES string of the molecule is NCCC(O)c1nc(-c2ccc(O)c(F)c2)no1. The highest BCUT2D eigenvalue weighted by molar-refractivity contribution is 5.55. The van der Waals surface area contributed by atoms with Crippen LogP contribution in [-0.4, -0.2) is 26.9 Å². The largest absolute Gasteiger partial charge is 0.505 e. The third kappa shape index (κ3) is 2.47. The molecular weight excluding hydrogens is 241 g/mol. The molecule has 1 heterocycles. The summed E-state index contributed by atoms with van der Waals surface area (Å²) in [5.41, 5.74) is 5.64. The Morgan fingerprint density at radius 2 is 2.22 bits per heavy atom. The number of aliphatic hydroxyl groups excluding tert-OH is 1. The summed E-state index contributed by atoms with van der Waals surface area (Å²) < 4.78 is 18.0. The Morgan fingerprint density at radius 3 is 2.89 bits per heavy atom. The summed E-state index contributed by atoms with van der Waals surface area (Å²) in [6, 6.07) is 3.72. The van der Waals surface area contributed by atoms with E-state index in [0.29, 0.717) is 12.0 Å². The van der Waals surface area contributed by atoms with E-state index in [2.05, 4.69) is 10.1 Å². The molecule has 0 amide bonds. The highest BCUT2D eigenvalue weighted by Crippen LogP contribution is 2.24. The average molecular weight is 253 g/mol. The Hall–Kier alpha value is -1.99. The number of aromatic nitrogens is 2. The molecule has 1 aromatic carbocycles. The first-order chi connectivity index (χ1) is 8.61. The third-order valence-electron chi connectivity index (χ3n) is 2.37. The molecule has 7 heteroatoms. The van der Waals surface area contributed by atoms with E-state index in [4.69, 9.17) is 15.4 Å². The summed E-state index contributed by atoms with van der Waals surface area (Å²) in [6.07, 6.45) is -0.635. The van der Waals surface area contributed by atoms with Gasteiger partial charge in [-0.25, -0.2) is 4.39 Å². The summed E-state index contributed by atoms with van der Waals surface area (Å²) in [7, 11) is 0. The number of phenolic OH excluding ortho intramolecular Hbond substituents is 1. The lowest BCUT2D eigenvalue weighted by Gasteiger charge is -2.01. The first-order valence-electron chi connectivity index (χ1n) is 5.32. The van der Waals surface area contributed by atoms with Crippen LogP contribution in [0, 0.1) is 5.82 Å². The summed E-state index contributed by atoms with van der Waals surface area (Å²) >= 11 is 0. The van der Waals surface area contributed by atoms with Gasteiger partial charge in [0.2, 0.25) is 5.82 Å². The monoisotopic (exact) mass is 253 g/mol. The normalized spacial score (nSPS) is 12.6. The zero-order valence-corrected chi connectivity index (χ0v) is 9.38. The number of nitrogens with zero attached hydrogens (tertiary/aromatic N) is 2. The molecule has 1 unspecified atom stereocenters. The van der Waals surface area contributed by atoms with E-state index >= 15 is 0 Å². The van der Waals surface area contributed by atoms with Crippen molar-refractivity contribution in [2.75, 3.05) is 6.54 Å². The first-order valence-corrected chi connectivity index (χ1v) is 5.32. The second kappa shape index (κ2) is 5.11. The van der Waals surface area contributed by atoms with Crippen molar-refractivity contribution in [3.63, 3.8) is 0 Å². The quantitative estimate of drug-likeness (QED) is 0.749. The third-order valence-corrected chi connectivity index (χ3v) is 2.37.